The maximum absolute atomic E-state index is 12.3. The standard InChI is InChI=1S/C13H13BrO5/c14-11-2-1-10(19-11)12(16)8-7-13(4-3-9(8)15)17-5-6-18-13/h1-2,8H,3-7H2. The van der Waals surface area contributed by atoms with E-state index in [4.69, 9.17) is 13.9 Å². The van der Waals surface area contributed by atoms with Gasteiger partial charge in [0.25, 0.3) is 0 Å². The molecule has 1 unspecified atom stereocenters. The highest BCUT2D eigenvalue weighted by Gasteiger charge is 2.47. The molecule has 3 rings (SSSR count). The Morgan fingerprint density at radius 1 is 1.32 bits per heavy atom. The maximum Gasteiger partial charge on any atom is 0.208 e. The zero-order valence-electron chi connectivity index (χ0n) is 10.2. The quantitative estimate of drug-likeness (QED) is 0.615. The van der Waals surface area contributed by atoms with Crippen LogP contribution in [0, 0.1) is 5.92 Å². The third kappa shape index (κ3) is 2.40. The number of furan rings is 1. The molecule has 0 bridgehead atoms. The van der Waals surface area contributed by atoms with Gasteiger partial charge in [-0.05, 0) is 28.1 Å². The zero-order valence-corrected chi connectivity index (χ0v) is 11.8. The molecule has 6 heteroatoms. The topological polar surface area (TPSA) is 65.7 Å². The zero-order chi connectivity index (χ0) is 13.5. The molecule has 0 N–H and O–H groups in total. The van der Waals surface area contributed by atoms with Crippen LogP contribution >= 0.6 is 15.9 Å². The van der Waals surface area contributed by atoms with Crippen molar-refractivity contribution in [2.24, 2.45) is 5.92 Å². The van der Waals surface area contributed by atoms with E-state index in [1.807, 2.05) is 0 Å². The monoisotopic (exact) mass is 328 g/mol. The fourth-order valence-electron chi connectivity index (χ4n) is 2.63. The summed E-state index contributed by atoms with van der Waals surface area (Å²) in [7, 11) is 0. The van der Waals surface area contributed by atoms with Crippen molar-refractivity contribution in [1.29, 1.82) is 0 Å². The van der Waals surface area contributed by atoms with Crippen LogP contribution in [0.3, 0.4) is 0 Å². The number of halogens is 1. The molecular weight excluding hydrogens is 316 g/mol. The summed E-state index contributed by atoms with van der Waals surface area (Å²) in [4.78, 5) is 24.3. The van der Waals surface area contributed by atoms with Crippen LogP contribution in [-0.4, -0.2) is 30.6 Å². The second-order valence-electron chi connectivity index (χ2n) is 4.80. The molecule has 0 radical (unpaired) electrons. The number of carbonyl (C=O) groups excluding carboxylic acids is 2. The van der Waals surface area contributed by atoms with E-state index in [1.165, 1.54) is 0 Å². The molecular formula is C13H13BrO5. The minimum absolute atomic E-state index is 0.0674. The lowest BCUT2D eigenvalue weighted by Gasteiger charge is -2.34. The van der Waals surface area contributed by atoms with E-state index >= 15 is 0 Å². The highest BCUT2D eigenvalue weighted by atomic mass is 79.9. The van der Waals surface area contributed by atoms with Gasteiger partial charge in [-0.15, -0.1) is 0 Å². The number of carbonyl (C=O) groups is 2. The number of rotatable bonds is 2. The Bertz CT molecular complexity index is 515. The maximum atomic E-state index is 12.3. The van der Waals surface area contributed by atoms with Crippen LogP contribution in [0.1, 0.15) is 29.8 Å². The van der Waals surface area contributed by atoms with E-state index in [9.17, 15) is 9.59 Å². The second-order valence-corrected chi connectivity index (χ2v) is 5.58. The fraction of sp³-hybridized carbons (Fsp3) is 0.538. The van der Waals surface area contributed by atoms with Crippen molar-refractivity contribution in [2.75, 3.05) is 13.2 Å². The lowest BCUT2D eigenvalue weighted by molar-refractivity contribution is -0.185. The van der Waals surface area contributed by atoms with Crippen LogP contribution in [-0.2, 0) is 14.3 Å². The Hall–Kier alpha value is -0.980. The highest BCUT2D eigenvalue weighted by molar-refractivity contribution is 9.10. The Kier molecular flexibility index (Phi) is 3.32. The normalized spacial score (nSPS) is 25.9. The molecule has 5 nitrogen and oxygen atoms in total. The molecule has 2 fully saturated rings. The van der Waals surface area contributed by atoms with Gasteiger partial charge in [0.15, 0.2) is 16.2 Å². The van der Waals surface area contributed by atoms with Gasteiger partial charge < -0.3 is 13.9 Å². The summed E-state index contributed by atoms with van der Waals surface area (Å²) in [5, 5.41) is 0. The average Bonchev–Trinajstić information content (AvgIpc) is 3.02. The Morgan fingerprint density at radius 3 is 2.68 bits per heavy atom. The van der Waals surface area contributed by atoms with Gasteiger partial charge in [-0.1, -0.05) is 0 Å². The van der Waals surface area contributed by atoms with Crippen molar-refractivity contribution in [2.45, 2.75) is 25.0 Å². The van der Waals surface area contributed by atoms with Crippen LogP contribution in [0.4, 0.5) is 0 Å². The van der Waals surface area contributed by atoms with E-state index in [1.54, 1.807) is 12.1 Å². The highest BCUT2D eigenvalue weighted by Crippen LogP contribution is 2.38. The van der Waals surface area contributed by atoms with Crippen LogP contribution in [0.5, 0.6) is 0 Å². The molecule has 19 heavy (non-hydrogen) atoms. The van der Waals surface area contributed by atoms with E-state index in [0.717, 1.165) is 0 Å². The minimum atomic E-state index is -0.752. The second kappa shape index (κ2) is 4.85. The third-order valence-corrected chi connectivity index (χ3v) is 4.03. The minimum Gasteiger partial charge on any atom is -0.446 e. The number of Topliss-reactive ketones (excluding diaryl/α,β-unsaturated/α-hetero) is 2. The molecule has 1 aromatic heterocycles. The van der Waals surface area contributed by atoms with Gasteiger partial charge in [-0.25, -0.2) is 0 Å². The number of ether oxygens (including phenoxy) is 2. The summed E-state index contributed by atoms with van der Waals surface area (Å²) in [6.07, 6.45) is 1.11. The first-order valence-corrected chi connectivity index (χ1v) is 6.99. The molecule has 102 valence electrons. The van der Waals surface area contributed by atoms with Crippen LogP contribution in [0.15, 0.2) is 21.2 Å². The van der Waals surface area contributed by atoms with Gasteiger partial charge in [-0.3, -0.25) is 9.59 Å². The Labute approximate surface area is 118 Å². The lowest BCUT2D eigenvalue weighted by atomic mass is 9.80. The van der Waals surface area contributed by atoms with Gasteiger partial charge in [-0.2, -0.15) is 0 Å². The molecule has 2 heterocycles. The molecule has 1 aliphatic heterocycles. The lowest BCUT2D eigenvalue weighted by Crippen LogP contribution is -2.43. The third-order valence-electron chi connectivity index (χ3n) is 3.60. The summed E-state index contributed by atoms with van der Waals surface area (Å²) in [5.74, 6) is -1.65. The van der Waals surface area contributed by atoms with Gasteiger partial charge in [0.2, 0.25) is 5.78 Å². The van der Waals surface area contributed by atoms with Crippen LogP contribution in [0.2, 0.25) is 0 Å². The molecule has 1 spiro atoms. The molecule has 2 aliphatic rings. The van der Waals surface area contributed by atoms with Crippen LogP contribution in [0.25, 0.3) is 0 Å². The first-order valence-electron chi connectivity index (χ1n) is 6.20. The van der Waals surface area contributed by atoms with E-state index in [-0.39, 0.29) is 23.7 Å². The van der Waals surface area contributed by atoms with Crippen molar-refractivity contribution in [3.63, 3.8) is 0 Å². The fourth-order valence-corrected chi connectivity index (χ4v) is 2.94. The molecule has 1 aromatic rings. The van der Waals surface area contributed by atoms with Gasteiger partial charge in [0.05, 0.1) is 19.1 Å². The van der Waals surface area contributed by atoms with Crippen molar-refractivity contribution >= 4 is 27.5 Å². The van der Waals surface area contributed by atoms with E-state index in [0.29, 0.717) is 30.7 Å². The van der Waals surface area contributed by atoms with Gasteiger partial charge in [0, 0.05) is 19.3 Å². The first kappa shape index (κ1) is 13.0. The predicted octanol–water partition coefficient (Wildman–Crippen LogP) is 2.34. The van der Waals surface area contributed by atoms with Crippen molar-refractivity contribution in [1.82, 2.24) is 0 Å². The molecule has 1 atom stereocenters. The smallest absolute Gasteiger partial charge is 0.208 e. The molecule has 1 aliphatic carbocycles. The number of hydrogen-bond donors (Lipinski definition) is 0. The van der Waals surface area contributed by atoms with Crippen molar-refractivity contribution in [3.05, 3.63) is 22.6 Å². The van der Waals surface area contributed by atoms with Crippen molar-refractivity contribution < 1.29 is 23.5 Å². The Morgan fingerprint density at radius 2 is 2.05 bits per heavy atom. The van der Waals surface area contributed by atoms with Gasteiger partial charge in [0.1, 0.15) is 5.78 Å². The van der Waals surface area contributed by atoms with Crippen LogP contribution < -0.4 is 0 Å². The summed E-state index contributed by atoms with van der Waals surface area (Å²) >= 11 is 3.15. The van der Waals surface area contributed by atoms with Crippen molar-refractivity contribution in [3.8, 4) is 0 Å². The largest absolute Gasteiger partial charge is 0.446 e. The summed E-state index contributed by atoms with van der Waals surface area (Å²) in [5.41, 5.74) is 0. The predicted molar refractivity (Wildman–Crippen MR) is 67.7 cm³/mol. The first-order chi connectivity index (χ1) is 9.10. The molecule has 1 saturated heterocycles. The number of ketones is 2. The van der Waals surface area contributed by atoms with Gasteiger partial charge >= 0.3 is 0 Å². The summed E-state index contributed by atoms with van der Waals surface area (Å²) < 4.78 is 16.9. The molecule has 1 saturated carbocycles. The summed E-state index contributed by atoms with van der Waals surface area (Å²) in [6, 6.07) is 3.20. The Balaban J connectivity index is 1.81. The molecule has 0 amide bonds. The van der Waals surface area contributed by atoms with E-state index < -0.39 is 11.7 Å². The number of hydrogen-bond acceptors (Lipinski definition) is 5. The summed E-state index contributed by atoms with van der Waals surface area (Å²) in [6.45, 7) is 1.03. The molecule has 0 aromatic carbocycles. The van der Waals surface area contributed by atoms with E-state index in [2.05, 4.69) is 15.9 Å². The SMILES string of the molecule is O=C1CCC2(CC1C(=O)c1ccc(Br)o1)OCCO2. The average molecular weight is 329 g/mol.